The Morgan fingerprint density at radius 2 is 1.81 bits per heavy atom. The van der Waals surface area contributed by atoms with Gasteiger partial charge in [0.15, 0.2) is 0 Å². The number of urea groups is 1. The van der Waals surface area contributed by atoms with Crippen molar-refractivity contribution in [3.8, 4) is 0 Å². The summed E-state index contributed by atoms with van der Waals surface area (Å²) in [6.45, 7) is 5.12. The van der Waals surface area contributed by atoms with Crippen molar-refractivity contribution in [3.05, 3.63) is 29.6 Å². The van der Waals surface area contributed by atoms with Crippen LogP contribution in [0.2, 0.25) is 0 Å². The number of amides is 4. The van der Waals surface area contributed by atoms with Crippen molar-refractivity contribution in [2.75, 3.05) is 4.90 Å². The molecule has 0 spiro atoms. The lowest BCUT2D eigenvalue weighted by atomic mass is 9.78. The highest BCUT2D eigenvalue weighted by Crippen LogP contribution is 2.35. The molecule has 1 heterocycles. The van der Waals surface area contributed by atoms with E-state index in [1.54, 1.807) is 26.8 Å². The molecule has 2 rings (SSSR count). The number of carbonyl (C=O) groups is 3. The number of benzene rings is 1. The van der Waals surface area contributed by atoms with Crippen LogP contribution in [0.5, 0.6) is 0 Å². The molecule has 5 nitrogen and oxygen atoms in total. The third-order valence-electron chi connectivity index (χ3n) is 4.02. The number of imide groups is 2. The van der Waals surface area contributed by atoms with Crippen LogP contribution >= 0.6 is 0 Å². The van der Waals surface area contributed by atoms with Gasteiger partial charge in [-0.05, 0) is 37.5 Å². The second kappa shape index (κ2) is 5.27. The van der Waals surface area contributed by atoms with E-state index >= 15 is 0 Å². The van der Waals surface area contributed by atoms with Crippen molar-refractivity contribution >= 4 is 23.5 Å². The number of hydrogen-bond acceptors (Lipinski definition) is 3. The maximum absolute atomic E-state index is 14.0. The maximum Gasteiger partial charge on any atom is 0.335 e. The Morgan fingerprint density at radius 1 is 1.19 bits per heavy atom. The first-order valence-electron chi connectivity index (χ1n) is 6.83. The van der Waals surface area contributed by atoms with Crippen molar-refractivity contribution in [1.29, 1.82) is 0 Å². The molecule has 1 aliphatic heterocycles. The molecule has 21 heavy (non-hydrogen) atoms. The van der Waals surface area contributed by atoms with E-state index in [1.807, 2.05) is 0 Å². The number of nitrogens with zero attached hydrogens (tertiary/aromatic N) is 1. The summed E-state index contributed by atoms with van der Waals surface area (Å²) in [6, 6.07) is 3.25. The van der Waals surface area contributed by atoms with Crippen molar-refractivity contribution in [1.82, 2.24) is 5.32 Å². The highest BCUT2D eigenvalue weighted by atomic mass is 19.1. The fourth-order valence-corrected chi connectivity index (χ4v) is 2.56. The minimum absolute atomic E-state index is 0.128. The molecule has 0 atom stereocenters. The van der Waals surface area contributed by atoms with Crippen molar-refractivity contribution in [2.24, 2.45) is 5.41 Å². The van der Waals surface area contributed by atoms with Gasteiger partial charge < -0.3 is 0 Å². The summed E-state index contributed by atoms with van der Waals surface area (Å²) in [5.41, 5.74) is -0.747. The molecule has 1 fully saturated rings. The minimum Gasteiger partial charge on any atom is -0.276 e. The van der Waals surface area contributed by atoms with Gasteiger partial charge in [0.05, 0.1) is 5.69 Å². The van der Waals surface area contributed by atoms with Crippen LogP contribution < -0.4 is 10.2 Å². The Hall–Kier alpha value is -2.24. The number of rotatable bonds is 3. The molecule has 0 aromatic heterocycles. The van der Waals surface area contributed by atoms with Gasteiger partial charge in [-0.3, -0.25) is 14.9 Å². The predicted octanol–water partition coefficient (Wildman–Crippen LogP) is 2.52. The molecule has 0 aliphatic carbocycles. The molecule has 112 valence electrons. The number of carbonyl (C=O) groups excluding carboxylic acids is 3. The Morgan fingerprint density at radius 3 is 2.38 bits per heavy atom. The van der Waals surface area contributed by atoms with E-state index in [0.29, 0.717) is 5.56 Å². The van der Waals surface area contributed by atoms with Crippen LogP contribution in [-0.4, -0.2) is 17.8 Å². The van der Waals surface area contributed by atoms with Crippen LogP contribution in [0, 0.1) is 18.2 Å². The quantitative estimate of drug-likeness (QED) is 0.870. The standard InChI is InChI=1S/C15H17FN2O3/c1-4-15(5-2)12(19)17-14(21)18(13(15)20)11-8-9(3)6-7-10(11)16/h6-8H,4-5H2,1-3H3,(H,17,19,21). The second-order valence-electron chi connectivity index (χ2n) is 5.14. The molecule has 1 aromatic rings. The normalized spacial score (nSPS) is 17.9. The lowest BCUT2D eigenvalue weighted by Crippen LogP contribution is -2.64. The first-order valence-corrected chi connectivity index (χ1v) is 6.83. The summed E-state index contributed by atoms with van der Waals surface area (Å²) in [5.74, 6) is -1.97. The number of halogens is 1. The fourth-order valence-electron chi connectivity index (χ4n) is 2.56. The van der Waals surface area contributed by atoms with Crippen LogP contribution in [0.3, 0.4) is 0 Å². The zero-order valence-electron chi connectivity index (χ0n) is 12.2. The Kier molecular flexibility index (Phi) is 3.80. The van der Waals surface area contributed by atoms with Crippen molar-refractivity contribution < 1.29 is 18.8 Å². The highest BCUT2D eigenvalue weighted by molar-refractivity contribution is 6.29. The van der Waals surface area contributed by atoms with E-state index in [4.69, 9.17) is 0 Å². The van der Waals surface area contributed by atoms with Gasteiger partial charge >= 0.3 is 6.03 Å². The molecular formula is C15H17FN2O3. The molecule has 6 heteroatoms. The summed E-state index contributed by atoms with van der Waals surface area (Å²) in [5, 5.41) is 2.16. The molecule has 1 saturated heterocycles. The van der Waals surface area contributed by atoms with E-state index in [1.165, 1.54) is 12.1 Å². The van der Waals surface area contributed by atoms with E-state index in [9.17, 15) is 18.8 Å². The zero-order valence-corrected chi connectivity index (χ0v) is 12.2. The first kappa shape index (κ1) is 15.2. The number of barbiturate groups is 1. The molecule has 1 aliphatic rings. The van der Waals surface area contributed by atoms with Crippen molar-refractivity contribution in [2.45, 2.75) is 33.6 Å². The highest BCUT2D eigenvalue weighted by Gasteiger charge is 2.52. The predicted molar refractivity (Wildman–Crippen MR) is 75.2 cm³/mol. The SMILES string of the molecule is CCC1(CC)C(=O)NC(=O)N(c2cc(C)ccc2F)C1=O. The van der Waals surface area contributed by atoms with Gasteiger partial charge in [0.25, 0.3) is 5.91 Å². The molecule has 0 radical (unpaired) electrons. The number of hydrogen-bond donors (Lipinski definition) is 1. The van der Waals surface area contributed by atoms with Crippen molar-refractivity contribution in [3.63, 3.8) is 0 Å². The van der Waals surface area contributed by atoms with Gasteiger partial charge in [-0.15, -0.1) is 0 Å². The van der Waals surface area contributed by atoms with E-state index in [-0.39, 0.29) is 18.5 Å². The van der Waals surface area contributed by atoms with Gasteiger partial charge in [-0.25, -0.2) is 14.1 Å². The van der Waals surface area contributed by atoms with Gasteiger partial charge in [0, 0.05) is 0 Å². The largest absolute Gasteiger partial charge is 0.335 e. The monoisotopic (exact) mass is 292 g/mol. The summed E-state index contributed by atoms with van der Waals surface area (Å²) in [6.07, 6.45) is 0.483. The summed E-state index contributed by atoms with van der Waals surface area (Å²) < 4.78 is 14.0. The molecule has 0 unspecified atom stereocenters. The minimum atomic E-state index is -1.33. The summed E-state index contributed by atoms with van der Waals surface area (Å²) in [4.78, 5) is 37.5. The zero-order chi connectivity index (χ0) is 15.8. The molecule has 0 bridgehead atoms. The number of anilines is 1. The lowest BCUT2D eigenvalue weighted by molar-refractivity contribution is -0.143. The Labute approximate surface area is 122 Å². The van der Waals surface area contributed by atoms with Gasteiger partial charge in [-0.2, -0.15) is 0 Å². The van der Waals surface area contributed by atoms with Crippen LogP contribution in [0.1, 0.15) is 32.3 Å². The topological polar surface area (TPSA) is 66.5 Å². The maximum atomic E-state index is 14.0. The number of nitrogens with one attached hydrogen (secondary N) is 1. The first-order chi connectivity index (χ1) is 9.87. The smallest absolute Gasteiger partial charge is 0.276 e. The Bertz CT molecular complexity index is 623. The van der Waals surface area contributed by atoms with Crippen LogP contribution in [-0.2, 0) is 9.59 Å². The number of aryl methyl sites for hydroxylation is 1. The average molecular weight is 292 g/mol. The van der Waals surface area contributed by atoms with E-state index in [2.05, 4.69) is 5.32 Å². The molecule has 1 N–H and O–H groups in total. The third-order valence-corrected chi connectivity index (χ3v) is 4.02. The van der Waals surface area contributed by atoms with Crippen LogP contribution in [0.15, 0.2) is 18.2 Å². The van der Waals surface area contributed by atoms with Crippen LogP contribution in [0.25, 0.3) is 0 Å². The third kappa shape index (κ3) is 2.20. The van der Waals surface area contributed by atoms with Gasteiger partial charge in [0.2, 0.25) is 5.91 Å². The molecule has 1 aromatic carbocycles. The lowest BCUT2D eigenvalue weighted by Gasteiger charge is -2.38. The summed E-state index contributed by atoms with van der Waals surface area (Å²) in [7, 11) is 0. The fraction of sp³-hybridized carbons (Fsp3) is 0.400. The van der Waals surface area contributed by atoms with Gasteiger partial charge in [0.1, 0.15) is 11.2 Å². The molecular weight excluding hydrogens is 275 g/mol. The summed E-state index contributed by atoms with van der Waals surface area (Å²) >= 11 is 0. The second-order valence-corrected chi connectivity index (χ2v) is 5.14. The Balaban J connectivity index is 2.57. The molecule has 0 saturated carbocycles. The van der Waals surface area contributed by atoms with Gasteiger partial charge in [-0.1, -0.05) is 19.9 Å². The van der Waals surface area contributed by atoms with E-state index in [0.717, 1.165) is 4.90 Å². The molecule has 4 amide bonds. The average Bonchev–Trinajstić information content (AvgIpc) is 2.44. The van der Waals surface area contributed by atoms with Crippen LogP contribution in [0.4, 0.5) is 14.9 Å². The van der Waals surface area contributed by atoms with E-state index < -0.39 is 29.1 Å².